The number of pyridine rings is 1. The van der Waals surface area contributed by atoms with E-state index in [4.69, 9.17) is 17.0 Å². The highest BCUT2D eigenvalue weighted by atomic mass is 32.2. The van der Waals surface area contributed by atoms with Gasteiger partial charge in [0.05, 0.1) is 12.7 Å². The number of aromatic nitrogens is 1. The Kier molecular flexibility index (Phi) is 7.52. The molecule has 2 heterocycles. The molecule has 0 unspecified atom stereocenters. The first kappa shape index (κ1) is 26.2. The summed E-state index contributed by atoms with van der Waals surface area (Å²) in [5, 5.41) is 12.9. The lowest BCUT2D eigenvalue weighted by atomic mass is 10.0. The molecular formula is C26H19F3N4O2S2. The van der Waals surface area contributed by atoms with Crippen molar-refractivity contribution in [2.75, 3.05) is 14.2 Å². The van der Waals surface area contributed by atoms with E-state index >= 15 is 0 Å². The topological polar surface area (TPSA) is 78.2 Å². The van der Waals surface area contributed by atoms with Gasteiger partial charge in [-0.2, -0.15) is 18.4 Å². The van der Waals surface area contributed by atoms with Gasteiger partial charge in [-0.1, -0.05) is 36.4 Å². The van der Waals surface area contributed by atoms with Crippen LogP contribution in [0.5, 0.6) is 5.75 Å². The highest BCUT2D eigenvalue weighted by Gasteiger charge is 2.34. The summed E-state index contributed by atoms with van der Waals surface area (Å²) in [6.45, 7) is 0. The first-order valence-electron chi connectivity index (χ1n) is 10.8. The van der Waals surface area contributed by atoms with E-state index in [1.807, 2.05) is 6.07 Å². The summed E-state index contributed by atoms with van der Waals surface area (Å²) in [7, 11) is 3.04. The molecular weight excluding hydrogens is 521 g/mol. The zero-order chi connectivity index (χ0) is 26.7. The summed E-state index contributed by atoms with van der Waals surface area (Å²) >= 11 is 6.10. The molecule has 3 aromatic rings. The van der Waals surface area contributed by atoms with Gasteiger partial charge in [0.25, 0.3) is 5.91 Å². The first-order chi connectivity index (χ1) is 17.6. The minimum absolute atomic E-state index is 0.0402. The molecule has 0 spiro atoms. The van der Waals surface area contributed by atoms with Crippen molar-refractivity contribution in [1.82, 2.24) is 15.2 Å². The van der Waals surface area contributed by atoms with Crippen molar-refractivity contribution in [1.29, 1.82) is 5.26 Å². The van der Waals surface area contributed by atoms with Crippen molar-refractivity contribution in [3.8, 4) is 22.9 Å². The van der Waals surface area contributed by atoms with E-state index < -0.39 is 11.9 Å². The molecule has 11 heteroatoms. The molecule has 1 aliphatic heterocycles. The number of rotatable bonds is 6. The molecule has 0 radical (unpaired) electrons. The molecule has 1 aromatic heterocycles. The van der Waals surface area contributed by atoms with Crippen LogP contribution in [0.15, 0.2) is 65.3 Å². The molecule has 0 aliphatic carbocycles. The van der Waals surface area contributed by atoms with Crippen LogP contribution in [0, 0.1) is 11.3 Å². The Morgan fingerprint density at radius 3 is 2.54 bits per heavy atom. The number of ether oxygens (including phenoxy) is 1. The minimum atomic E-state index is -4.69. The molecule has 1 N–H and O–H groups in total. The van der Waals surface area contributed by atoms with E-state index in [1.165, 1.54) is 12.0 Å². The van der Waals surface area contributed by atoms with Crippen LogP contribution in [0.25, 0.3) is 17.2 Å². The van der Waals surface area contributed by atoms with Gasteiger partial charge in [0, 0.05) is 23.9 Å². The maximum atomic E-state index is 13.7. The van der Waals surface area contributed by atoms with E-state index in [0.717, 1.165) is 17.8 Å². The van der Waals surface area contributed by atoms with Crippen molar-refractivity contribution >= 4 is 41.1 Å². The van der Waals surface area contributed by atoms with Gasteiger partial charge >= 0.3 is 6.18 Å². The highest BCUT2D eigenvalue weighted by Crippen LogP contribution is 2.38. The third-order valence-electron chi connectivity index (χ3n) is 5.53. The Bertz CT molecular complexity index is 1450. The summed E-state index contributed by atoms with van der Waals surface area (Å²) in [4.78, 5) is 17.4. The molecule has 0 saturated carbocycles. The van der Waals surface area contributed by atoms with E-state index in [9.17, 15) is 23.2 Å². The van der Waals surface area contributed by atoms with Crippen LogP contribution in [-0.4, -0.2) is 35.1 Å². The molecule has 0 bridgehead atoms. The summed E-state index contributed by atoms with van der Waals surface area (Å²) in [5.74, 6) is 0.385. The van der Waals surface area contributed by atoms with Gasteiger partial charge in [-0.15, -0.1) is 11.8 Å². The number of likely N-dealkylation sites (N-methyl/N-ethyl adjacent to an activating group) is 1. The van der Waals surface area contributed by atoms with Gasteiger partial charge in [0.2, 0.25) is 0 Å². The summed E-state index contributed by atoms with van der Waals surface area (Å²) in [5.41, 5.74) is 1.22. The number of hydrogen-bond acceptors (Lipinski definition) is 6. The molecule has 4 rings (SSSR count). The maximum Gasteiger partial charge on any atom is 0.433 e. The Balaban J connectivity index is 1.71. The van der Waals surface area contributed by atoms with Crippen molar-refractivity contribution in [3.05, 3.63) is 82.7 Å². The third kappa shape index (κ3) is 5.60. The predicted octanol–water partition coefficient (Wildman–Crippen LogP) is 5.63. The number of carbonyl (C=O) groups excluding carboxylic acids is 1. The zero-order valence-corrected chi connectivity index (χ0v) is 21.2. The number of hydrogen-bond donors (Lipinski definition) is 1. The average Bonchev–Trinajstić information content (AvgIpc) is 3.13. The molecule has 0 atom stereocenters. The fraction of sp³-hybridized carbons (Fsp3) is 0.154. The Morgan fingerprint density at radius 1 is 1.22 bits per heavy atom. The smallest absolute Gasteiger partial charge is 0.433 e. The van der Waals surface area contributed by atoms with E-state index in [1.54, 1.807) is 61.7 Å². The lowest BCUT2D eigenvalue weighted by Crippen LogP contribution is -2.25. The van der Waals surface area contributed by atoms with Gasteiger partial charge in [-0.05, 0) is 47.6 Å². The number of carbonyl (C=O) groups is 1. The van der Waals surface area contributed by atoms with Gasteiger partial charge in [0.1, 0.15) is 28.2 Å². The van der Waals surface area contributed by atoms with Gasteiger partial charge in [0.15, 0.2) is 5.11 Å². The van der Waals surface area contributed by atoms with Crippen LogP contribution in [0.2, 0.25) is 0 Å². The third-order valence-corrected chi connectivity index (χ3v) is 6.93. The number of nitriles is 1. The number of halogens is 3. The second-order valence-corrected chi connectivity index (χ2v) is 9.27. The zero-order valence-electron chi connectivity index (χ0n) is 19.6. The number of nitrogens with one attached hydrogen (secondary N) is 1. The van der Waals surface area contributed by atoms with E-state index in [2.05, 4.69) is 10.3 Å². The van der Waals surface area contributed by atoms with Gasteiger partial charge in [-0.25, -0.2) is 4.98 Å². The highest BCUT2D eigenvalue weighted by molar-refractivity contribution is 7.98. The first-order valence-corrected chi connectivity index (χ1v) is 12.2. The quantitative estimate of drug-likeness (QED) is 0.247. The summed E-state index contributed by atoms with van der Waals surface area (Å²) < 4.78 is 46.5. The number of alkyl halides is 3. The second-order valence-electron chi connectivity index (χ2n) is 7.92. The summed E-state index contributed by atoms with van der Waals surface area (Å²) in [6, 6.07) is 16.5. The van der Waals surface area contributed by atoms with Crippen LogP contribution in [0.1, 0.15) is 22.4 Å². The average molecular weight is 541 g/mol. The summed E-state index contributed by atoms with van der Waals surface area (Å²) in [6.07, 6.45) is -3.06. The molecule has 1 amide bonds. The van der Waals surface area contributed by atoms with Crippen LogP contribution < -0.4 is 10.1 Å². The molecule has 1 fully saturated rings. The van der Waals surface area contributed by atoms with Crippen molar-refractivity contribution in [2.45, 2.75) is 17.0 Å². The van der Waals surface area contributed by atoms with E-state index in [0.29, 0.717) is 28.1 Å². The number of methoxy groups -OCH3 is 1. The van der Waals surface area contributed by atoms with Crippen LogP contribution in [0.4, 0.5) is 13.2 Å². The number of benzene rings is 2. The van der Waals surface area contributed by atoms with Gasteiger partial charge in [-0.3, -0.25) is 9.69 Å². The number of thioether (sulfide) groups is 1. The molecule has 1 aliphatic rings. The molecule has 37 heavy (non-hydrogen) atoms. The standard InChI is InChI=1S/C26H19F3N4O2S2/c1-33-24(34)20(31-25(33)36)11-15-8-9-21(35-2)17(10-15)14-37-23-19(13-30)18(16-6-4-3-5-7-16)12-22(32-23)26(27,28)29/h3-12H,14H2,1-2H3,(H,31,36)/b20-11+. The monoisotopic (exact) mass is 540 g/mol. The molecule has 188 valence electrons. The van der Waals surface area contributed by atoms with Gasteiger partial charge < -0.3 is 10.1 Å². The van der Waals surface area contributed by atoms with E-state index in [-0.39, 0.29) is 32.9 Å². The minimum Gasteiger partial charge on any atom is -0.496 e. The van der Waals surface area contributed by atoms with Crippen LogP contribution in [0.3, 0.4) is 0 Å². The molecule has 2 aromatic carbocycles. The Morgan fingerprint density at radius 2 is 1.95 bits per heavy atom. The van der Waals surface area contributed by atoms with Crippen molar-refractivity contribution < 1.29 is 22.7 Å². The SMILES string of the molecule is COc1ccc(/C=C2/NC(=S)N(C)C2=O)cc1CSc1nc(C(F)(F)F)cc(-c2ccccc2)c1C#N. The fourth-order valence-corrected chi connectivity index (χ4v) is 4.84. The van der Waals surface area contributed by atoms with Crippen molar-refractivity contribution in [2.24, 2.45) is 0 Å². The van der Waals surface area contributed by atoms with Crippen molar-refractivity contribution in [3.63, 3.8) is 0 Å². The predicted molar refractivity (Wildman–Crippen MR) is 138 cm³/mol. The Labute approximate surface area is 220 Å². The number of amides is 1. The van der Waals surface area contributed by atoms with Crippen LogP contribution >= 0.6 is 24.0 Å². The number of nitrogens with zero attached hydrogens (tertiary/aromatic N) is 3. The second kappa shape index (κ2) is 10.6. The van der Waals surface area contributed by atoms with Crippen LogP contribution in [-0.2, 0) is 16.7 Å². The lowest BCUT2D eigenvalue weighted by molar-refractivity contribution is -0.141. The fourth-order valence-electron chi connectivity index (χ4n) is 3.66. The largest absolute Gasteiger partial charge is 0.496 e. The number of thiocarbonyl (C=S) groups is 1. The molecule has 1 saturated heterocycles. The Hall–Kier alpha value is -3.88. The lowest BCUT2D eigenvalue weighted by Gasteiger charge is -2.15. The normalized spacial score (nSPS) is 14.6. The molecule has 6 nitrogen and oxygen atoms in total. The maximum absolute atomic E-state index is 13.7.